The first kappa shape index (κ1) is 20.5. The highest BCUT2D eigenvalue weighted by molar-refractivity contribution is 5.91. The zero-order valence-corrected chi connectivity index (χ0v) is 17.4. The molecule has 0 unspecified atom stereocenters. The van der Waals surface area contributed by atoms with Crippen LogP contribution in [0.4, 0.5) is 5.69 Å². The lowest BCUT2D eigenvalue weighted by atomic mass is 10.1. The number of benzene rings is 2. The predicted octanol–water partition coefficient (Wildman–Crippen LogP) is 5.65. The molecule has 0 aliphatic heterocycles. The molecule has 3 aromatic rings. The van der Waals surface area contributed by atoms with Crippen molar-refractivity contribution >= 4 is 28.4 Å². The van der Waals surface area contributed by atoms with Gasteiger partial charge in [0.2, 0.25) is 0 Å². The van der Waals surface area contributed by atoms with Crippen LogP contribution in [0.15, 0.2) is 42.5 Å². The Balaban J connectivity index is 2.00. The van der Waals surface area contributed by atoms with E-state index in [1.165, 1.54) is 0 Å². The van der Waals surface area contributed by atoms with E-state index in [4.69, 9.17) is 4.74 Å². The van der Waals surface area contributed by atoms with Gasteiger partial charge in [-0.25, -0.2) is 4.98 Å². The van der Waals surface area contributed by atoms with Crippen molar-refractivity contribution in [3.63, 3.8) is 0 Å². The molecular weight excluding hydrogens is 360 g/mol. The summed E-state index contributed by atoms with van der Waals surface area (Å²) in [5, 5.41) is 9.76. The minimum Gasteiger partial charge on any atom is -0.493 e. The molecule has 2 aromatic carbocycles. The number of unbranched alkanes of at least 4 members (excludes halogenated alkanes) is 1. The fraction of sp³-hybridized carbons (Fsp3) is 0.333. The molecule has 0 aliphatic carbocycles. The number of aromatic nitrogens is 2. The quantitative estimate of drug-likeness (QED) is 0.380. The Morgan fingerprint density at radius 1 is 1.17 bits per heavy atom. The molecule has 5 nitrogen and oxygen atoms in total. The average Bonchev–Trinajstić information content (AvgIpc) is 3.18. The van der Waals surface area contributed by atoms with Crippen LogP contribution in [0.2, 0.25) is 0 Å². The Morgan fingerprint density at radius 3 is 2.66 bits per heavy atom. The van der Waals surface area contributed by atoms with E-state index in [0.717, 1.165) is 54.0 Å². The SMILES string of the molecule is CCCCOc1cc(N(CC)CC)ccc1C=C(C#N)c1nc2ccccc2[nH]1. The lowest BCUT2D eigenvalue weighted by Crippen LogP contribution is -2.21. The minimum absolute atomic E-state index is 0.483. The number of nitrogens with zero attached hydrogens (tertiary/aromatic N) is 3. The molecule has 0 spiro atoms. The number of rotatable bonds is 9. The highest BCUT2D eigenvalue weighted by Crippen LogP contribution is 2.30. The third-order valence-corrected chi connectivity index (χ3v) is 4.95. The first-order chi connectivity index (χ1) is 14.2. The number of H-pyrrole nitrogens is 1. The van der Waals surface area contributed by atoms with Crippen LogP contribution in [0.3, 0.4) is 0 Å². The van der Waals surface area contributed by atoms with Crippen molar-refractivity contribution in [2.45, 2.75) is 33.6 Å². The molecule has 0 bridgehead atoms. The van der Waals surface area contributed by atoms with Gasteiger partial charge in [0.05, 0.1) is 23.2 Å². The van der Waals surface area contributed by atoms with Gasteiger partial charge in [-0.05, 0) is 50.6 Å². The molecule has 150 valence electrons. The lowest BCUT2D eigenvalue weighted by molar-refractivity contribution is 0.309. The van der Waals surface area contributed by atoms with Gasteiger partial charge < -0.3 is 14.6 Å². The van der Waals surface area contributed by atoms with Gasteiger partial charge in [0.15, 0.2) is 0 Å². The molecule has 1 N–H and O–H groups in total. The second-order valence-electron chi connectivity index (χ2n) is 6.87. The fourth-order valence-electron chi connectivity index (χ4n) is 3.27. The predicted molar refractivity (Wildman–Crippen MR) is 120 cm³/mol. The Hall–Kier alpha value is -3.26. The van der Waals surface area contributed by atoms with Crippen molar-refractivity contribution in [2.24, 2.45) is 0 Å². The molecule has 3 rings (SSSR count). The van der Waals surface area contributed by atoms with Gasteiger partial charge in [0.1, 0.15) is 17.6 Å². The Labute approximate surface area is 172 Å². The maximum absolute atomic E-state index is 9.76. The van der Waals surface area contributed by atoms with Crippen molar-refractivity contribution in [2.75, 3.05) is 24.6 Å². The summed E-state index contributed by atoms with van der Waals surface area (Å²) in [5.41, 5.74) is 4.26. The first-order valence-corrected chi connectivity index (χ1v) is 10.3. The van der Waals surface area contributed by atoms with E-state index in [2.05, 4.69) is 53.8 Å². The van der Waals surface area contributed by atoms with Crippen LogP contribution in [0.5, 0.6) is 5.75 Å². The van der Waals surface area contributed by atoms with Gasteiger partial charge in [-0.1, -0.05) is 25.5 Å². The van der Waals surface area contributed by atoms with Crippen molar-refractivity contribution in [3.8, 4) is 11.8 Å². The van der Waals surface area contributed by atoms with E-state index in [9.17, 15) is 5.26 Å². The smallest absolute Gasteiger partial charge is 0.149 e. The number of aromatic amines is 1. The van der Waals surface area contributed by atoms with Gasteiger partial charge in [-0.2, -0.15) is 5.26 Å². The third-order valence-electron chi connectivity index (χ3n) is 4.95. The summed E-state index contributed by atoms with van der Waals surface area (Å²) in [6.07, 6.45) is 3.92. The Morgan fingerprint density at radius 2 is 1.97 bits per heavy atom. The summed E-state index contributed by atoms with van der Waals surface area (Å²) in [6, 6.07) is 16.2. The second-order valence-corrected chi connectivity index (χ2v) is 6.87. The van der Waals surface area contributed by atoms with Gasteiger partial charge in [-0.15, -0.1) is 0 Å². The fourth-order valence-corrected chi connectivity index (χ4v) is 3.27. The van der Waals surface area contributed by atoms with Crippen LogP contribution in [0.25, 0.3) is 22.7 Å². The number of hydrogen-bond acceptors (Lipinski definition) is 4. The number of fused-ring (bicyclic) bond motifs is 1. The Bertz CT molecular complexity index is 992. The van der Waals surface area contributed by atoms with E-state index in [-0.39, 0.29) is 0 Å². The van der Waals surface area contributed by atoms with Crippen LogP contribution < -0.4 is 9.64 Å². The average molecular weight is 389 g/mol. The largest absolute Gasteiger partial charge is 0.493 e. The van der Waals surface area contributed by atoms with Gasteiger partial charge in [0, 0.05) is 30.4 Å². The van der Waals surface area contributed by atoms with E-state index in [0.29, 0.717) is 18.0 Å². The van der Waals surface area contributed by atoms with Crippen molar-refractivity contribution in [1.82, 2.24) is 9.97 Å². The number of hydrogen-bond donors (Lipinski definition) is 1. The Kier molecular flexibility index (Phi) is 6.91. The van der Waals surface area contributed by atoms with Crippen LogP contribution in [0.1, 0.15) is 45.0 Å². The molecule has 1 aromatic heterocycles. The number of imidazole rings is 1. The minimum atomic E-state index is 0.483. The molecule has 0 fully saturated rings. The number of anilines is 1. The van der Waals surface area contributed by atoms with Gasteiger partial charge in [-0.3, -0.25) is 0 Å². The standard InChI is InChI=1S/C24H28N4O/c1-4-7-14-29-23-16-20(28(5-2)6-3)13-12-18(23)15-19(17-25)24-26-21-10-8-9-11-22(21)27-24/h8-13,15-16H,4-7,14H2,1-3H3,(H,26,27). The van der Waals surface area contributed by atoms with E-state index < -0.39 is 0 Å². The normalized spacial score (nSPS) is 11.4. The van der Waals surface area contributed by atoms with Crippen molar-refractivity contribution < 1.29 is 4.74 Å². The number of nitriles is 1. The highest BCUT2D eigenvalue weighted by Gasteiger charge is 2.12. The molecular formula is C24H28N4O. The van der Waals surface area contributed by atoms with Crippen molar-refractivity contribution in [1.29, 1.82) is 5.26 Å². The summed E-state index contributed by atoms with van der Waals surface area (Å²) in [5.74, 6) is 1.37. The third kappa shape index (κ3) is 4.78. The molecule has 0 aliphatic rings. The van der Waals surface area contributed by atoms with E-state index >= 15 is 0 Å². The van der Waals surface area contributed by atoms with Crippen LogP contribution >= 0.6 is 0 Å². The molecule has 5 heteroatoms. The van der Waals surface area contributed by atoms with Gasteiger partial charge >= 0.3 is 0 Å². The van der Waals surface area contributed by atoms with Crippen molar-refractivity contribution in [3.05, 3.63) is 53.9 Å². The molecule has 1 heterocycles. The molecule has 0 amide bonds. The highest BCUT2D eigenvalue weighted by atomic mass is 16.5. The van der Waals surface area contributed by atoms with Crippen LogP contribution in [0, 0.1) is 11.3 Å². The second kappa shape index (κ2) is 9.79. The summed E-state index contributed by atoms with van der Waals surface area (Å²) in [6.45, 7) is 8.96. The van der Waals surface area contributed by atoms with E-state index in [1.54, 1.807) is 0 Å². The zero-order valence-electron chi connectivity index (χ0n) is 17.4. The maximum Gasteiger partial charge on any atom is 0.149 e. The number of nitrogens with one attached hydrogen (secondary N) is 1. The summed E-state index contributed by atoms with van der Waals surface area (Å²) < 4.78 is 6.09. The number of ether oxygens (including phenoxy) is 1. The zero-order chi connectivity index (χ0) is 20.6. The maximum atomic E-state index is 9.76. The van der Waals surface area contributed by atoms with Crippen LogP contribution in [-0.4, -0.2) is 29.7 Å². The van der Waals surface area contributed by atoms with E-state index in [1.807, 2.05) is 36.4 Å². The molecule has 0 saturated heterocycles. The molecule has 0 atom stereocenters. The van der Waals surface area contributed by atoms with Crippen LogP contribution in [-0.2, 0) is 0 Å². The first-order valence-electron chi connectivity index (χ1n) is 10.3. The monoisotopic (exact) mass is 388 g/mol. The summed E-state index contributed by atoms with van der Waals surface area (Å²) in [4.78, 5) is 10.1. The molecule has 0 radical (unpaired) electrons. The number of para-hydroxylation sites is 2. The lowest BCUT2D eigenvalue weighted by Gasteiger charge is -2.22. The van der Waals surface area contributed by atoms with Gasteiger partial charge in [0.25, 0.3) is 0 Å². The topological polar surface area (TPSA) is 64.9 Å². The molecule has 29 heavy (non-hydrogen) atoms. The summed E-state index contributed by atoms with van der Waals surface area (Å²) >= 11 is 0. The molecule has 0 saturated carbocycles. The number of allylic oxidation sites excluding steroid dienone is 1. The summed E-state index contributed by atoms with van der Waals surface area (Å²) in [7, 11) is 0.